The summed E-state index contributed by atoms with van der Waals surface area (Å²) in [6.45, 7) is 2.10. The topological polar surface area (TPSA) is 110 Å². The summed E-state index contributed by atoms with van der Waals surface area (Å²) in [5, 5.41) is 12.9. The summed E-state index contributed by atoms with van der Waals surface area (Å²) in [4.78, 5) is 24.5. The Morgan fingerprint density at radius 3 is 3.09 bits per heavy atom. The molecule has 3 rings (SSSR count). The van der Waals surface area contributed by atoms with E-state index < -0.39 is 0 Å². The highest BCUT2D eigenvalue weighted by atomic mass is 17.2. The molecular weight excluding hydrogens is 298 g/mol. The Balaban J connectivity index is 1.87. The number of aryl methyl sites for hydroxylation is 1. The average molecular weight is 317 g/mol. The van der Waals surface area contributed by atoms with Crippen LogP contribution in [0.2, 0.25) is 0 Å². The van der Waals surface area contributed by atoms with E-state index in [1.165, 1.54) is 5.56 Å². The Morgan fingerprint density at radius 1 is 1.52 bits per heavy atom. The average Bonchev–Trinajstić information content (AvgIpc) is 3.11. The highest BCUT2D eigenvalue weighted by Gasteiger charge is 2.29. The van der Waals surface area contributed by atoms with Gasteiger partial charge in [-0.3, -0.25) is 4.89 Å². The first-order chi connectivity index (χ1) is 11.1. The van der Waals surface area contributed by atoms with Gasteiger partial charge in [-0.2, -0.15) is 4.89 Å². The SMILES string of the molecule is CCOOC(=O)CC1CCc2c1[nH]c1ccc(C(N)=NO)cc21. The molecule has 4 N–H and O–H groups in total. The van der Waals surface area contributed by atoms with Gasteiger partial charge in [-0.05, 0) is 43.5 Å². The van der Waals surface area contributed by atoms with Crippen LogP contribution < -0.4 is 5.73 Å². The van der Waals surface area contributed by atoms with Crippen LogP contribution in [-0.2, 0) is 21.0 Å². The summed E-state index contributed by atoms with van der Waals surface area (Å²) < 4.78 is 0. The fourth-order valence-corrected chi connectivity index (χ4v) is 3.13. The Morgan fingerprint density at radius 2 is 2.35 bits per heavy atom. The summed E-state index contributed by atoms with van der Waals surface area (Å²) >= 11 is 0. The molecule has 0 saturated heterocycles. The maximum atomic E-state index is 11.7. The molecule has 0 saturated carbocycles. The molecule has 0 radical (unpaired) electrons. The first-order valence-electron chi connectivity index (χ1n) is 7.58. The minimum Gasteiger partial charge on any atom is -0.409 e. The number of aromatic amines is 1. The maximum absolute atomic E-state index is 11.7. The molecule has 2 aromatic rings. The molecule has 0 fully saturated rings. The lowest BCUT2D eigenvalue weighted by Gasteiger charge is -2.08. The number of benzene rings is 1. The second-order valence-corrected chi connectivity index (χ2v) is 5.56. The fourth-order valence-electron chi connectivity index (χ4n) is 3.13. The summed E-state index contributed by atoms with van der Waals surface area (Å²) in [6, 6.07) is 5.60. The molecule has 23 heavy (non-hydrogen) atoms. The molecule has 1 aromatic heterocycles. The molecular formula is C16H19N3O4. The zero-order chi connectivity index (χ0) is 16.4. The molecule has 1 unspecified atom stereocenters. The number of hydrogen-bond acceptors (Lipinski definition) is 5. The van der Waals surface area contributed by atoms with Crippen LogP contribution in [0.15, 0.2) is 23.4 Å². The minimum atomic E-state index is -0.360. The second kappa shape index (κ2) is 6.29. The van der Waals surface area contributed by atoms with E-state index in [0.717, 1.165) is 29.4 Å². The molecule has 1 atom stereocenters. The van der Waals surface area contributed by atoms with Crippen molar-refractivity contribution in [3.05, 3.63) is 35.0 Å². The lowest BCUT2D eigenvalue weighted by Crippen LogP contribution is -2.12. The predicted molar refractivity (Wildman–Crippen MR) is 84.2 cm³/mol. The number of oxime groups is 1. The molecule has 1 aliphatic carbocycles. The van der Waals surface area contributed by atoms with E-state index in [9.17, 15) is 4.79 Å². The number of fused-ring (bicyclic) bond motifs is 3. The first-order valence-corrected chi connectivity index (χ1v) is 7.58. The van der Waals surface area contributed by atoms with Crippen molar-refractivity contribution in [3.63, 3.8) is 0 Å². The van der Waals surface area contributed by atoms with Gasteiger partial charge in [0.25, 0.3) is 0 Å². The van der Waals surface area contributed by atoms with Gasteiger partial charge in [0, 0.05) is 28.1 Å². The van der Waals surface area contributed by atoms with Crippen LogP contribution in [0.5, 0.6) is 0 Å². The molecule has 1 aromatic carbocycles. The quantitative estimate of drug-likeness (QED) is 0.257. The number of hydrogen-bond donors (Lipinski definition) is 3. The van der Waals surface area contributed by atoms with Crippen LogP contribution in [0, 0.1) is 0 Å². The molecule has 7 nitrogen and oxygen atoms in total. The van der Waals surface area contributed by atoms with Gasteiger partial charge in [0.05, 0.1) is 13.0 Å². The maximum Gasteiger partial charge on any atom is 0.343 e. The van der Waals surface area contributed by atoms with Gasteiger partial charge in [0.15, 0.2) is 5.84 Å². The van der Waals surface area contributed by atoms with Crippen molar-refractivity contribution in [3.8, 4) is 0 Å². The number of aromatic nitrogens is 1. The highest BCUT2D eigenvalue weighted by molar-refractivity contribution is 6.01. The Kier molecular flexibility index (Phi) is 4.20. The van der Waals surface area contributed by atoms with E-state index in [1.807, 2.05) is 12.1 Å². The molecule has 7 heteroatoms. The smallest absolute Gasteiger partial charge is 0.343 e. The number of carbonyl (C=O) groups is 1. The number of carbonyl (C=O) groups excluding carboxylic acids is 1. The van der Waals surface area contributed by atoms with Gasteiger partial charge in [-0.25, -0.2) is 4.79 Å². The van der Waals surface area contributed by atoms with Gasteiger partial charge in [0.1, 0.15) is 0 Å². The van der Waals surface area contributed by atoms with Gasteiger partial charge in [0.2, 0.25) is 0 Å². The van der Waals surface area contributed by atoms with E-state index in [2.05, 4.69) is 10.1 Å². The summed E-state index contributed by atoms with van der Waals surface area (Å²) in [5.74, 6) is -0.185. The van der Waals surface area contributed by atoms with Gasteiger partial charge < -0.3 is 15.9 Å². The number of amidine groups is 1. The summed E-state index contributed by atoms with van der Waals surface area (Å²) in [5.41, 5.74) is 9.54. The fraction of sp³-hybridized carbons (Fsp3) is 0.375. The zero-order valence-corrected chi connectivity index (χ0v) is 12.8. The van der Waals surface area contributed by atoms with Crippen molar-refractivity contribution < 1.29 is 19.8 Å². The number of nitrogens with one attached hydrogen (secondary N) is 1. The van der Waals surface area contributed by atoms with E-state index in [1.54, 1.807) is 13.0 Å². The van der Waals surface area contributed by atoms with Crippen LogP contribution in [0.1, 0.15) is 42.5 Å². The normalized spacial score (nSPS) is 17.4. The van der Waals surface area contributed by atoms with Gasteiger partial charge >= 0.3 is 5.97 Å². The van der Waals surface area contributed by atoms with Crippen molar-refractivity contribution in [2.45, 2.75) is 32.1 Å². The Hall–Kier alpha value is -2.54. The monoisotopic (exact) mass is 317 g/mol. The standard InChI is InChI=1S/C16H19N3O4/c1-2-22-23-14(20)8-9-3-5-11-12-7-10(16(17)19-21)4-6-13(12)18-15(9)11/h4,6-7,9,18,21H,2-3,5,8H2,1H3,(H2,17,19). The second-order valence-electron chi connectivity index (χ2n) is 5.56. The predicted octanol–water partition coefficient (Wildman–Crippen LogP) is 2.18. The van der Waals surface area contributed by atoms with Gasteiger partial charge in [-0.1, -0.05) is 5.16 Å². The molecule has 0 amide bonds. The van der Waals surface area contributed by atoms with Crippen LogP contribution >= 0.6 is 0 Å². The number of H-pyrrole nitrogens is 1. The summed E-state index contributed by atoms with van der Waals surface area (Å²) in [7, 11) is 0. The van der Waals surface area contributed by atoms with Crippen LogP contribution in [0.4, 0.5) is 0 Å². The molecule has 1 aliphatic rings. The molecule has 1 heterocycles. The van der Waals surface area contributed by atoms with Gasteiger partial charge in [-0.15, -0.1) is 0 Å². The van der Waals surface area contributed by atoms with Crippen LogP contribution in [0.25, 0.3) is 10.9 Å². The molecule has 0 bridgehead atoms. The number of nitrogens with zero attached hydrogens (tertiary/aromatic N) is 1. The third-order valence-corrected chi connectivity index (χ3v) is 4.18. The molecule has 0 spiro atoms. The molecule has 122 valence electrons. The zero-order valence-electron chi connectivity index (χ0n) is 12.8. The van der Waals surface area contributed by atoms with E-state index >= 15 is 0 Å². The van der Waals surface area contributed by atoms with Crippen LogP contribution in [-0.4, -0.2) is 28.6 Å². The van der Waals surface area contributed by atoms with E-state index in [0.29, 0.717) is 12.2 Å². The van der Waals surface area contributed by atoms with E-state index in [4.69, 9.17) is 20.7 Å². The molecule has 0 aliphatic heterocycles. The van der Waals surface area contributed by atoms with Crippen LogP contribution in [0.3, 0.4) is 0 Å². The third kappa shape index (κ3) is 2.87. The van der Waals surface area contributed by atoms with Crippen molar-refractivity contribution in [2.75, 3.05) is 6.61 Å². The lowest BCUT2D eigenvalue weighted by molar-refractivity contribution is -0.269. The Bertz CT molecular complexity index is 766. The van der Waals surface area contributed by atoms with E-state index in [-0.39, 0.29) is 24.1 Å². The van der Waals surface area contributed by atoms with Crippen molar-refractivity contribution in [1.82, 2.24) is 4.98 Å². The Labute approximate surface area is 133 Å². The van der Waals surface area contributed by atoms with Crippen molar-refractivity contribution >= 4 is 22.7 Å². The van der Waals surface area contributed by atoms with Crippen molar-refractivity contribution in [1.29, 1.82) is 0 Å². The minimum absolute atomic E-state index is 0.0803. The van der Waals surface area contributed by atoms with Crippen molar-refractivity contribution in [2.24, 2.45) is 10.9 Å². The summed E-state index contributed by atoms with van der Waals surface area (Å²) in [6.07, 6.45) is 2.04. The third-order valence-electron chi connectivity index (χ3n) is 4.18. The highest BCUT2D eigenvalue weighted by Crippen LogP contribution is 2.39. The number of nitrogens with two attached hydrogens (primary N) is 1. The number of rotatable bonds is 5. The largest absolute Gasteiger partial charge is 0.409 e. The lowest BCUT2D eigenvalue weighted by atomic mass is 10.0. The first kappa shape index (κ1) is 15.4.